The lowest BCUT2D eigenvalue weighted by Gasteiger charge is -2.43. The molecule has 0 amide bonds. The molecule has 208 valence electrons. The Morgan fingerprint density at radius 1 is 0.730 bits per heavy atom. The molecule has 2 nitrogen and oxygen atoms in total. The van der Waals surface area contributed by atoms with E-state index in [1.54, 1.807) is 32.9 Å². The van der Waals surface area contributed by atoms with E-state index < -0.39 is 53.2 Å². The summed E-state index contributed by atoms with van der Waals surface area (Å²) in [5.74, 6) is 0. The van der Waals surface area contributed by atoms with E-state index in [1.165, 1.54) is 0 Å². The van der Waals surface area contributed by atoms with Crippen molar-refractivity contribution in [3.8, 4) is 0 Å². The molecular formula is C27H36F6NOPS. The normalized spacial score (nSPS) is 15.7. The molecule has 0 aromatic heterocycles. The molecule has 10 heteroatoms. The lowest BCUT2D eigenvalue weighted by atomic mass is 9.95. The van der Waals surface area contributed by atoms with Gasteiger partial charge >= 0.3 is 12.4 Å². The average molecular weight is 568 g/mol. The molecule has 2 rings (SSSR count). The van der Waals surface area contributed by atoms with Gasteiger partial charge in [-0.15, -0.1) is 0 Å². The van der Waals surface area contributed by atoms with E-state index in [0.717, 1.165) is 17.4 Å². The van der Waals surface area contributed by atoms with Crippen LogP contribution in [0.1, 0.15) is 90.6 Å². The van der Waals surface area contributed by atoms with Crippen molar-refractivity contribution in [2.24, 2.45) is 0 Å². The third kappa shape index (κ3) is 8.03. The van der Waals surface area contributed by atoms with Gasteiger partial charge in [-0.1, -0.05) is 73.7 Å². The zero-order chi connectivity index (χ0) is 28.8. The lowest BCUT2D eigenvalue weighted by molar-refractivity contribution is -0.143. The topological polar surface area (TPSA) is 29.1 Å². The molecule has 0 saturated heterocycles. The van der Waals surface area contributed by atoms with Crippen LogP contribution in [0.5, 0.6) is 0 Å². The molecule has 0 bridgehead atoms. The summed E-state index contributed by atoms with van der Waals surface area (Å²) >= 11 is 0. The minimum absolute atomic E-state index is 0.115. The highest BCUT2D eigenvalue weighted by atomic mass is 32.2. The highest BCUT2D eigenvalue weighted by molar-refractivity contribution is 7.84. The molecule has 0 aliphatic carbocycles. The van der Waals surface area contributed by atoms with Gasteiger partial charge in [0.2, 0.25) is 0 Å². The molecule has 0 aliphatic rings. The molecule has 37 heavy (non-hydrogen) atoms. The highest BCUT2D eigenvalue weighted by Crippen LogP contribution is 2.59. The Bertz CT molecular complexity index is 1080. The first-order chi connectivity index (χ1) is 16.4. The molecule has 1 unspecified atom stereocenters. The van der Waals surface area contributed by atoms with Crippen molar-refractivity contribution in [2.75, 3.05) is 0 Å². The van der Waals surface area contributed by atoms with Crippen molar-refractivity contribution in [1.29, 1.82) is 0 Å². The largest absolute Gasteiger partial charge is 0.416 e. The monoisotopic (exact) mass is 567 g/mol. The third-order valence-corrected chi connectivity index (χ3v) is 10.7. The SMILES string of the molecule is CC(C)(C)P(c1ccccc1[C@H](NS(=O)C(C)(C)C)c1cc(C(F)(F)F)cc(C(F)(F)F)c1)C(C)(C)C. The Balaban J connectivity index is 2.96. The molecule has 0 radical (unpaired) electrons. The first-order valence-corrected chi connectivity index (χ1v) is 14.3. The van der Waals surface area contributed by atoms with E-state index in [-0.39, 0.29) is 21.9 Å². The van der Waals surface area contributed by atoms with Crippen molar-refractivity contribution in [1.82, 2.24) is 4.72 Å². The standard InChI is InChI=1S/C27H36F6NOPS/c1-23(2,3)36(24(4,5)6)21-13-11-10-12-20(21)22(34-37(35)25(7,8)9)17-14-18(26(28,29)30)16-19(15-17)27(31,32)33/h10-16,22,34H,1-9H3/t22-,37?/m1/s1. The fourth-order valence-electron chi connectivity index (χ4n) is 4.40. The lowest BCUT2D eigenvalue weighted by Crippen LogP contribution is -2.39. The van der Waals surface area contributed by atoms with Gasteiger partial charge in [-0.25, -0.2) is 8.93 Å². The Kier molecular flexibility index (Phi) is 9.11. The second kappa shape index (κ2) is 10.6. The van der Waals surface area contributed by atoms with Crippen LogP contribution in [-0.4, -0.2) is 19.3 Å². The van der Waals surface area contributed by atoms with Crippen LogP contribution >= 0.6 is 7.92 Å². The molecule has 2 aromatic rings. The second-order valence-electron chi connectivity index (χ2n) is 12.0. The molecule has 0 heterocycles. The molecule has 0 aliphatic heterocycles. The van der Waals surface area contributed by atoms with E-state index in [9.17, 15) is 30.6 Å². The van der Waals surface area contributed by atoms with Crippen LogP contribution in [0.25, 0.3) is 0 Å². The number of alkyl halides is 6. The summed E-state index contributed by atoms with van der Waals surface area (Å²) in [4.78, 5) is 0. The Morgan fingerprint density at radius 2 is 1.16 bits per heavy atom. The van der Waals surface area contributed by atoms with Gasteiger partial charge in [0.1, 0.15) is 0 Å². The fourth-order valence-corrected chi connectivity index (χ4v) is 9.39. The number of hydrogen-bond donors (Lipinski definition) is 1. The Labute approximate surface area is 220 Å². The predicted molar refractivity (Wildman–Crippen MR) is 142 cm³/mol. The van der Waals surface area contributed by atoms with Crippen molar-refractivity contribution < 1.29 is 30.6 Å². The van der Waals surface area contributed by atoms with Crippen molar-refractivity contribution in [3.63, 3.8) is 0 Å². The van der Waals surface area contributed by atoms with E-state index in [2.05, 4.69) is 46.3 Å². The number of halogens is 6. The first kappa shape index (κ1) is 31.8. The summed E-state index contributed by atoms with van der Waals surface area (Å²) in [5, 5.41) is 0.372. The van der Waals surface area contributed by atoms with Gasteiger partial charge in [-0.3, -0.25) is 0 Å². The minimum atomic E-state index is -4.99. The number of hydrogen-bond acceptors (Lipinski definition) is 1. The number of benzene rings is 2. The van der Waals surface area contributed by atoms with E-state index in [4.69, 9.17) is 0 Å². The number of rotatable bonds is 5. The summed E-state index contributed by atoms with van der Waals surface area (Å²) in [6, 6.07) is 7.48. The van der Waals surface area contributed by atoms with Gasteiger partial charge in [-0.05, 0) is 65.7 Å². The van der Waals surface area contributed by atoms with Gasteiger partial charge in [0, 0.05) is 0 Å². The maximum absolute atomic E-state index is 13.7. The van der Waals surface area contributed by atoms with Crippen molar-refractivity contribution in [3.05, 3.63) is 64.7 Å². The van der Waals surface area contributed by atoms with Gasteiger partial charge in [0.25, 0.3) is 0 Å². The summed E-state index contributed by atoms with van der Waals surface area (Å²) in [5.41, 5.74) is -2.54. The fraction of sp³-hybridized carbons (Fsp3) is 0.556. The third-order valence-electron chi connectivity index (χ3n) is 5.55. The van der Waals surface area contributed by atoms with Gasteiger partial charge < -0.3 is 0 Å². The minimum Gasteiger partial charge on any atom is -0.242 e. The molecule has 0 saturated carbocycles. The average Bonchev–Trinajstić information content (AvgIpc) is 2.68. The molecule has 2 aromatic carbocycles. The van der Waals surface area contributed by atoms with Crippen LogP contribution in [0.15, 0.2) is 42.5 Å². The van der Waals surface area contributed by atoms with Crippen LogP contribution in [-0.2, 0) is 23.3 Å². The van der Waals surface area contributed by atoms with Crippen LogP contribution in [0, 0.1) is 0 Å². The molecule has 0 fully saturated rings. The Hall–Kier alpha value is -1.44. The van der Waals surface area contributed by atoms with Crippen LogP contribution in [0.2, 0.25) is 0 Å². The Morgan fingerprint density at radius 3 is 1.54 bits per heavy atom. The summed E-state index contributed by atoms with van der Waals surface area (Å²) in [6.45, 7) is 17.5. The smallest absolute Gasteiger partial charge is 0.242 e. The van der Waals surface area contributed by atoms with Gasteiger partial charge in [-0.2, -0.15) is 26.3 Å². The van der Waals surface area contributed by atoms with Crippen LogP contribution in [0.3, 0.4) is 0 Å². The van der Waals surface area contributed by atoms with E-state index in [1.807, 2.05) is 12.1 Å². The van der Waals surface area contributed by atoms with Crippen LogP contribution < -0.4 is 10.0 Å². The molecular weight excluding hydrogens is 531 g/mol. The van der Waals surface area contributed by atoms with Gasteiger partial charge in [0.05, 0.1) is 32.9 Å². The summed E-state index contributed by atoms with van der Waals surface area (Å²) in [6.07, 6.45) is -9.99. The zero-order valence-corrected chi connectivity index (χ0v) is 24.4. The van der Waals surface area contributed by atoms with Gasteiger partial charge in [0.15, 0.2) is 0 Å². The molecule has 1 N–H and O–H groups in total. The molecule has 0 spiro atoms. The predicted octanol–water partition coefficient (Wildman–Crippen LogP) is 8.57. The maximum atomic E-state index is 13.7. The van der Waals surface area contributed by atoms with E-state index in [0.29, 0.717) is 5.56 Å². The first-order valence-electron chi connectivity index (χ1n) is 11.8. The summed E-state index contributed by atoms with van der Waals surface area (Å²) < 4.78 is 97.7. The quantitative estimate of drug-likeness (QED) is 0.285. The van der Waals surface area contributed by atoms with Crippen molar-refractivity contribution in [2.45, 2.75) is 95.8 Å². The molecule has 2 atom stereocenters. The summed E-state index contributed by atoms with van der Waals surface area (Å²) in [7, 11) is -2.77. The highest BCUT2D eigenvalue weighted by Gasteiger charge is 2.41. The van der Waals surface area contributed by atoms with Crippen molar-refractivity contribution >= 4 is 24.2 Å². The maximum Gasteiger partial charge on any atom is 0.416 e. The number of nitrogens with one attached hydrogen (secondary N) is 1. The van der Waals surface area contributed by atoms with Crippen LogP contribution in [0.4, 0.5) is 26.3 Å². The zero-order valence-electron chi connectivity index (χ0n) is 22.7. The van der Waals surface area contributed by atoms with E-state index >= 15 is 0 Å². The second-order valence-corrected chi connectivity index (χ2v) is 17.8.